The quantitative estimate of drug-likeness (QED) is 0.437. The molecule has 0 aromatic heterocycles. The van der Waals surface area contributed by atoms with Crippen LogP contribution in [0, 0.1) is 0 Å². The minimum atomic E-state index is -0.565. The molecule has 4 nitrogen and oxygen atoms in total. The Balaban J connectivity index is -0.000000143. The predicted octanol–water partition coefficient (Wildman–Crippen LogP) is -1.49. The van der Waals surface area contributed by atoms with Crippen LogP contribution in [0.4, 0.5) is 0 Å². The summed E-state index contributed by atoms with van der Waals surface area (Å²) < 4.78 is 0. The molecule has 0 spiro atoms. The summed E-state index contributed by atoms with van der Waals surface area (Å²) in [5.41, 5.74) is 0. The summed E-state index contributed by atoms with van der Waals surface area (Å²) >= 11 is 0. The first kappa shape index (κ1) is 19.1. The van der Waals surface area contributed by atoms with Crippen LogP contribution in [0.2, 0.25) is 0 Å². The second-order valence-corrected chi connectivity index (χ2v) is 3.13. The van der Waals surface area contributed by atoms with Gasteiger partial charge in [0.05, 0.1) is 0 Å². The van der Waals surface area contributed by atoms with Crippen molar-refractivity contribution >= 4 is 0 Å². The van der Waals surface area contributed by atoms with E-state index in [9.17, 15) is 10.2 Å². The van der Waals surface area contributed by atoms with Gasteiger partial charge in [0.15, 0.2) is 0 Å². The molecule has 0 bridgehead atoms. The summed E-state index contributed by atoms with van der Waals surface area (Å²) in [6, 6.07) is 0. The first-order chi connectivity index (χ1) is 5.29. The standard InChI is InChI=1S/2C4H10NO.Zn/c2*1-4(6)5(2)3;/h2*4H,1-3H3;/q2*-1;+2. The van der Waals surface area contributed by atoms with Gasteiger partial charge < -0.3 is 20.0 Å². The summed E-state index contributed by atoms with van der Waals surface area (Å²) in [4.78, 5) is 3.22. The van der Waals surface area contributed by atoms with E-state index in [1.54, 1.807) is 51.8 Å². The van der Waals surface area contributed by atoms with Crippen molar-refractivity contribution < 1.29 is 29.7 Å². The van der Waals surface area contributed by atoms with E-state index in [0.29, 0.717) is 0 Å². The van der Waals surface area contributed by atoms with Crippen molar-refractivity contribution in [3.8, 4) is 0 Å². The fraction of sp³-hybridized carbons (Fsp3) is 1.00. The van der Waals surface area contributed by atoms with Gasteiger partial charge in [-0.3, -0.25) is 0 Å². The molecule has 0 aliphatic heterocycles. The molecule has 5 heteroatoms. The van der Waals surface area contributed by atoms with Crippen molar-refractivity contribution in [2.24, 2.45) is 0 Å². The van der Waals surface area contributed by atoms with E-state index in [0.717, 1.165) is 0 Å². The fourth-order valence-corrected chi connectivity index (χ4v) is 0. The Hall–Kier alpha value is 0.463. The first-order valence-electron chi connectivity index (χ1n) is 3.93. The van der Waals surface area contributed by atoms with E-state index in [2.05, 4.69) is 0 Å². The third kappa shape index (κ3) is 19.0. The third-order valence-corrected chi connectivity index (χ3v) is 1.45. The third-order valence-electron chi connectivity index (χ3n) is 1.45. The molecule has 0 heterocycles. The molecule has 0 saturated heterocycles. The van der Waals surface area contributed by atoms with Crippen LogP contribution in [-0.2, 0) is 19.5 Å². The zero-order valence-electron chi connectivity index (χ0n) is 9.57. The molecule has 2 unspecified atom stereocenters. The van der Waals surface area contributed by atoms with Gasteiger partial charge in [0.2, 0.25) is 0 Å². The summed E-state index contributed by atoms with van der Waals surface area (Å²) in [5.74, 6) is 0. The van der Waals surface area contributed by atoms with Gasteiger partial charge >= 0.3 is 19.5 Å². The molecule has 0 aromatic rings. The summed E-state index contributed by atoms with van der Waals surface area (Å²) in [6.07, 6.45) is -1.13. The van der Waals surface area contributed by atoms with Gasteiger partial charge in [0.1, 0.15) is 0 Å². The molecule has 0 aliphatic carbocycles. The molecule has 0 aliphatic rings. The van der Waals surface area contributed by atoms with Crippen molar-refractivity contribution in [2.45, 2.75) is 26.3 Å². The van der Waals surface area contributed by atoms with E-state index in [4.69, 9.17) is 0 Å². The van der Waals surface area contributed by atoms with Gasteiger partial charge in [-0.05, 0) is 28.2 Å². The molecular weight excluding hydrogens is 221 g/mol. The van der Waals surface area contributed by atoms with Crippen molar-refractivity contribution in [1.82, 2.24) is 9.80 Å². The van der Waals surface area contributed by atoms with Crippen LogP contribution >= 0.6 is 0 Å². The average molecular weight is 242 g/mol. The Morgan fingerprint density at radius 1 is 0.769 bits per heavy atom. The second kappa shape index (κ2) is 10.5. The molecular formula is C8H20N2O2Zn. The topological polar surface area (TPSA) is 52.6 Å². The zero-order chi connectivity index (χ0) is 10.3. The fourth-order valence-electron chi connectivity index (χ4n) is 0. The Morgan fingerprint density at radius 2 is 0.846 bits per heavy atom. The summed E-state index contributed by atoms with van der Waals surface area (Å²) in [6.45, 7) is 3.22. The number of nitrogens with zero attached hydrogens (tertiary/aromatic N) is 2. The Morgan fingerprint density at radius 3 is 0.846 bits per heavy atom. The molecule has 0 aromatic carbocycles. The van der Waals surface area contributed by atoms with E-state index >= 15 is 0 Å². The largest absolute Gasteiger partial charge is 2.00 e. The average Bonchev–Trinajstić information content (AvgIpc) is 1.88. The van der Waals surface area contributed by atoms with Gasteiger partial charge in [-0.15, -0.1) is 0 Å². The van der Waals surface area contributed by atoms with Crippen LogP contribution in [0.25, 0.3) is 0 Å². The van der Waals surface area contributed by atoms with Crippen molar-refractivity contribution in [1.29, 1.82) is 0 Å². The van der Waals surface area contributed by atoms with E-state index < -0.39 is 12.5 Å². The van der Waals surface area contributed by atoms with E-state index in [1.165, 1.54) is 0 Å². The van der Waals surface area contributed by atoms with Crippen molar-refractivity contribution in [2.75, 3.05) is 28.2 Å². The molecule has 0 radical (unpaired) electrons. The van der Waals surface area contributed by atoms with Gasteiger partial charge in [-0.1, -0.05) is 26.3 Å². The van der Waals surface area contributed by atoms with Crippen LogP contribution in [0.15, 0.2) is 0 Å². The first-order valence-corrected chi connectivity index (χ1v) is 3.93. The number of hydrogen-bond donors (Lipinski definition) is 0. The molecule has 0 fully saturated rings. The van der Waals surface area contributed by atoms with Gasteiger partial charge in [0, 0.05) is 0 Å². The van der Waals surface area contributed by atoms with E-state index in [-0.39, 0.29) is 19.5 Å². The maximum absolute atomic E-state index is 10.2. The van der Waals surface area contributed by atoms with Crippen LogP contribution in [0.3, 0.4) is 0 Å². The Bertz CT molecular complexity index is 74.1. The van der Waals surface area contributed by atoms with Crippen molar-refractivity contribution in [3.63, 3.8) is 0 Å². The second-order valence-electron chi connectivity index (χ2n) is 3.13. The molecule has 13 heavy (non-hydrogen) atoms. The summed E-state index contributed by atoms with van der Waals surface area (Å²) in [7, 11) is 7.05. The Kier molecular flexibility index (Phi) is 15.5. The smallest absolute Gasteiger partial charge is 0.841 e. The molecule has 2 atom stereocenters. The zero-order valence-corrected chi connectivity index (χ0v) is 12.5. The Labute approximate surface area is 94.3 Å². The molecule has 0 amide bonds. The van der Waals surface area contributed by atoms with Crippen LogP contribution in [0.5, 0.6) is 0 Å². The molecule has 0 saturated carbocycles. The predicted molar refractivity (Wildman–Crippen MR) is 46.3 cm³/mol. The van der Waals surface area contributed by atoms with E-state index in [1.807, 2.05) is 0 Å². The van der Waals surface area contributed by atoms with Gasteiger partial charge in [-0.25, -0.2) is 0 Å². The number of hydrogen-bond acceptors (Lipinski definition) is 4. The van der Waals surface area contributed by atoms with Crippen LogP contribution in [0.1, 0.15) is 13.8 Å². The minimum Gasteiger partial charge on any atom is -0.841 e. The monoisotopic (exact) mass is 240 g/mol. The molecule has 0 N–H and O–H groups in total. The van der Waals surface area contributed by atoms with Crippen LogP contribution in [-0.4, -0.2) is 50.4 Å². The van der Waals surface area contributed by atoms with Crippen LogP contribution < -0.4 is 10.2 Å². The van der Waals surface area contributed by atoms with Gasteiger partial charge in [-0.2, -0.15) is 0 Å². The normalized spacial score (nSPS) is 14.3. The SMILES string of the molecule is CC([O-])N(C)C.CC([O-])N(C)C.[Zn+2]. The number of rotatable bonds is 2. The van der Waals surface area contributed by atoms with Gasteiger partial charge in [0.25, 0.3) is 0 Å². The maximum atomic E-state index is 10.2. The minimum absolute atomic E-state index is 0. The molecule has 76 valence electrons. The summed E-state index contributed by atoms with van der Waals surface area (Å²) in [5, 5.41) is 20.3. The maximum Gasteiger partial charge on any atom is 2.00 e. The van der Waals surface area contributed by atoms with Crippen molar-refractivity contribution in [3.05, 3.63) is 0 Å². The molecule has 0 rings (SSSR count).